The third kappa shape index (κ3) is 2.25. The number of aryl methyl sites for hydroxylation is 2. The highest BCUT2D eigenvalue weighted by molar-refractivity contribution is 6.12. The zero-order chi connectivity index (χ0) is 14.2. The molecule has 2 rings (SSSR count). The molecule has 0 spiro atoms. The number of rotatable bonds is 2. The average Bonchev–Trinajstić information content (AvgIpc) is 2.38. The SMILES string of the molecule is Cc1ccc(C)c(C(=O)c2ccc(O)c(O)c2O)c1. The van der Waals surface area contributed by atoms with E-state index >= 15 is 0 Å². The molecule has 0 radical (unpaired) electrons. The highest BCUT2D eigenvalue weighted by Gasteiger charge is 2.19. The van der Waals surface area contributed by atoms with Gasteiger partial charge in [-0.1, -0.05) is 17.7 Å². The summed E-state index contributed by atoms with van der Waals surface area (Å²) in [4.78, 5) is 12.4. The molecule has 4 nitrogen and oxygen atoms in total. The second-order valence-corrected chi connectivity index (χ2v) is 4.48. The number of carbonyl (C=O) groups excluding carboxylic acids is 1. The van der Waals surface area contributed by atoms with Crippen molar-refractivity contribution in [1.82, 2.24) is 0 Å². The monoisotopic (exact) mass is 258 g/mol. The van der Waals surface area contributed by atoms with Crippen molar-refractivity contribution in [3.63, 3.8) is 0 Å². The van der Waals surface area contributed by atoms with Crippen molar-refractivity contribution >= 4 is 5.78 Å². The van der Waals surface area contributed by atoms with Crippen LogP contribution in [0.25, 0.3) is 0 Å². The second kappa shape index (κ2) is 4.65. The van der Waals surface area contributed by atoms with E-state index in [1.807, 2.05) is 19.1 Å². The minimum absolute atomic E-state index is 0.0380. The smallest absolute Gasteiger partial charge is 0.201 e. The molecule has 0 bridgehead atoms. The predicted molar refractivity (Wildman–Crippen MR) is 70.8 cm³/mol. The number of hydrogen-bond acceptors (Lipinski definition) is 4. The molecule has 4 heteroatoms. The molecule has 0 fully saturated rings. The third-order valence-corrected chi connectivity index (χ3v) is 3.01. The van der Waals surface area contributed by atoms with Gasteiger partial charge in [0.1, 0.15) is 0 Å². The van der Waals surface area contributed by atoms with Gasteiger partial charge in [0, 0.05) is 5.56 Å². The summed E-state index contributed by atoms with van der Waals surface area (Å²) in [6.45, 7) is 3.66. The number of carbonyl (C=O) groups is 1. The Morgan fingerprint density at radius 2 is 1.58 bits per heavy atom. The third-order valence-electron chi connectivity index (χ3n) is 3.01. The van der Waals surface area contributed by atoms with Crippen LogP contribution in [-0.4, -0.2) is 21.1 Å². The minimum Gasteiger partial charge on any atom is -0.504 e. The van der Waals surface area contributed by atoms with Crippen molar-refractivity contribution in [2.75, 3.05) is 0 Å². The van der Waals surface area contributed by atoms with Crippen LogP contribution in [0.3, 0.4) is 0 Å². The zero-order valence-electron chi connectivity index (χ0n) is 10.6. The molecule has 0 aliphatic carbocycles. The summed E-state index contributed by atoms with van der Waals surface area (Å²) >= 11 is 0. The van der Waals surface area contributed by atoms with Gasteiger partial charge in [0.2, 0.25) is 5.75 Å². The zero-order valence-corrected chi connectivity index (χ0v) is 10.6. The highest BCUT2D eigenvalue weighted by Crippen LogP contribution is 2.38. The van der Waals surface area contributed by atoms with Gasteiger partial charge in [-0.15, -0.1) is 0 Å². The fourth-order valence-corrected chi connectivity index (χ4v) is 1.88. The molecule has 0 saturated heterocycles. The number of phenolic OH excluding ortho intramolecular Hbond substituents is 3. The molecule has 0 aliphatic heterocycles. The van der Waals surface area contributed by atoms with Crippen molar-refractivity contribution in [2.24, 2.45) is 0 Å². The van der Waals surface area contributed by atoms with Crippen LogP contribution in [0, 0.1) is 13.8 Å². The van der Waals surface area contributed by atoms with Gasteiger partial charge in [-0.2, -0.15) is 0 Å². The van der Waals surface area contributed by atoms with Crippen LogP contribution >= 0.6 is 0 Å². The van der Waals surface area contributed by atoms with E-state index in [2.05, 4.69) is 0 Å². The van der Waals surface area contributed by atoms with Crippen molar-refractivity contribution in [1.29, 1.82) is 0 Å². The molecule has 0 unspecified atom stereocenters. The van der Waals surface area contributed by atoms with Crippen LogP contribution in [0.4, 0.5) is 0 Å². The van der Waals surface area contributed by atoms with Gasteiger partial charge >= 0.3 is 0 Å². The summed E-state index contributed by atoms with van der Waals surface area (Å²) in [6.07, 6.45) is 0. The predicted octanol–water partition coefficient (Wildman–Crippen LogP) is 2.65. The lowest BCUT2D eigenvalue weighted by atomic mass is 9.96. The lowest BCUT2D eigenvalue weighted by molar-refractivity contribution is 0.103. The minimum atomic E-state index is -0.684. The maximum absolute atomic E-state index is 12.4. The first-order valence-electron chi connectivity index (χ1n) is 5.77. The molecule has 19 heavy (non-hydrogen) atoms. The highest BCUT2D eigenvalue weighted by atomic mass is 16.3. The maximum Gasteiger partial charge on any atom is 0.201 e. The molecule has 0 amide bonds. The number of ketones is 1. The lowest BCUT2D eigenvalue weighted by Crippen LogP contribution is -2.04. The van der Waals surface area contributed by atoms with E-state index in [0.717, 1.165) is 11.1 Å². The van der Waals surface area contributed by atoms with E-state index in [9.17, 15) is 20.1 Å². The number of hydrogen-bond donors (Lipinski definition) is 3. The van der Waals surface area contributed by atoms with Gasteiger partial charge in [-0.05, 0) is 37.6 Å². The van der Waals surface area contributed by atoms with Gasteiger partial charge in [-0.25, -0.2) is 0 Å². The van der Waals surface area contributed by atoms with Gasteiger partial charge in [-0.3, -0.25) is 4.79 Å². The largest absolute Gasteiger partial charge is 0.504 e. The molecule has 98 valence electrons. The standard InChI is InChI=1S/C15H14O4/c1-8-3-4-9(2)11(7-8)13(17)10-5-6-12(16)15(19)14(10)18/h3-7,16,18-19H,1-2H3. The molecule has 0 saturated carbocycles. The number of benzene rings is 2. The Kier molecular flexibility index (Phi) is 3.17. The Balaban J connectivity index is 2.56. The molecule has 0 atom stereocenters. The molecule has 0 aromatic heterocycles. The summed E-state index contributed by atoms with van der Waals surface area (Å²) in [6, 6.07) is 7.89. The summed E-state index contributed by atoms with van der Waals surface area (Å²) < 4.78 is 0. The fraction of sp³-hybridized carbons (Fsp3) is 0.133. The summed E-state index contributed by atoms with van der Waals surface area (Å²) in [5.41, 5.74) is 2.13. The Hall–Kier alpha value is -2.49. The van der Waals surface area contributed by atoms with E-state index in [1.165, 1.54) is 12.1 Å². The summed E-state index contributed by atoms with van der Waals surface area (Å²) in [7, 11) is 0. The molecular formula is C15H14O4. The van der Waals surface area contributed by atoms with E-state index in [-0.39, 0.29) is 5.56 Å². The van der Waals surface area contributed by atoms with E-state index in [4.69, 9.17) is 0 Å². The van der Waals surface area contributed by atoms with Gasteiger partial charge in [0.25, 0.3) is 0 Å². The van der Waals surface area contributed by atoms with Crippen LogP contribution in [0.15, 0.2) is 30.3 Å². The maximum atomic E-state index is 12.4. The van der Waals surface area contributed by atoms with Gasteiger partial charge in [0.05, 0.1) is 5.56 Å². The Morgan fingerprint density at radius 3 is 2.26 bits per heavy atom. The second-order valence-electron chi connectivity index (χ2n) is 4.48. The Bertz CT molecular complexity index is 659. The van der Waals surface area contributed by atoms with Crippen molar-refractivity contribution in [2.45, 2.75) is 13.8 Å². The van der Waals surface area contributed by atoms with Gasteiger partial charge < -0.3 is 15.3 Å². The first kappa shape index (κ1) is 13.0. The van der Waals surface area contributed by atoms with Crippen molar-refractivity contribution in [3.8, 4) is 17.2 Å². The fourth-order valence-electron chi connectivity index (χ4n) is 1.88. The van der Waals surface area contributed by atoms with Crippen molar-refractivity contribution < 1.29 is 20.1 Å². The van der Waals surface area contributed by atoms with Crippen LogP contribution < -0.4 is 0 Å². The van der Waals surface area contributed by atoms with Gasteiger partial charge in [0.15, 0.2) is 17.3 Å². The summed E-state index contributed by atoms with van der Waals surface area (Å²) in [5, 5.41) is 28.4. The van der Waals surface area contributed by atoms with E-state index in [1.54, 1.807) is 13.0 Å². The molecule has 2 aromatic rings. The van der Waals surface area contributed by atoms with Crippen LogP contribution in [0.1, 0.15) is 27.0 Å². The number of aromatic hydroxyl groups is 3. The Labute approximate surface area is 110 Å². The normalized spacial score (nSPS) is 10.4. The van der Waals surface area contributed by atoms with Crippen LogP contribution in [0.2, 0.25) is 0 Å². The molecule has 3 N–H and O–H groups in total. The summed E-state index contributed by atoms with van der Waals surface area (Å²) in [5.74, 6) is -2.15. The molecular weight excluding hydrogens is 244 g/mol. The number of phenols is 3. The lowest BCUT2D eigenvalue weighted by Gasteiger charge is -2.09. The molecule has 0 heterocycles. The van der Waals surface area contributed by atoms with Crippen LogP contribution in [-0.2, 0) is 0 Å². The van der Waals surface area contributed by atoms with Crippen molar-refractivity contribution in [3.05, 3.63) is 52.6 Å². The van der Waals surface area contributed by atoms with Crippen LogP contribution in [0.5, 0.6) is 17.2 Å². The van der Waals surface area contributed by atoms with E-state index < -0.39 is 23.0 Å². The average molecular weight is 258 g/mol. The first-order valence-corrected chi connectivity index (χ1v) is 5.77. The molecule has 0 aliphatic rings. The molecule has 2 aromatic carbocycles. The quantitative estimate of drug-likeness (QED) is 0.571. The van der Waals surface area contributed by atoms with E-state index in [0.29, 0.717) is 5.56 Å². The topological polar surface area (TPSA) is 77.8 Å². The first-order chi connectivity index (χ1) is 8.91. The Morgan fingerprint density at radius 1 is 0.895 bits per heavy atom.